The molecule has 9 rings (SSSR count). The van der Waals surface area contributed by atoms with Crippen molar-refractivity contribution >= 4 is 32.7 Å². The molecule has 0 aromatic heterocycles. The largest absolute Gasteiger partial charge is 0.0679 e. The summed E-state index contributed by atoms with van der Waals surface area (Å²) in [6.45, 7) is 28.8. The smallest absolute Gasteiger partial charge is 0.00823 e. The Balaban J connectivity index is 1.41. The van der Waals surface area contributed by atoms with Crippen LogP contribution < -0.4 is 0 Å². The van der Waals surface area contributed by atoms with Gasteiger partial charge in [0, 0.05) is 11.8 Å². The van der Waals surface area contributed by atoms with E-state index in [9.17, 15) is 0 Å². The summed E-state index contributed by atoms with van der Waals surface area (Å²) in [4.78, 5) is 0. The molecule has 0 amide bonds. The van der Waals surface area contributed by atoms with Gasteiger partial charge in [-0.3, -0.25) is 0 Å². The second-order valence-electron chi connectivity index (χ2n) is 19.5. The number of hydrogen-bond acceptors (Lipinski definition) is 0. The van der Waals surface area contributed by atoms with Gasteiger partial charge >= 0.3 is 0 Å². The minimum atomic E-state index is 0.0342. The number of benzene rings is 5. The molecule has 242 valence electrons. The van der Waals surface area contributed by atoms with Gasteiger partial charge in [-0.15, -0.1) is 0 Å². The molecule has 4 aliphatic rings. The first-order chi connectivity index (χ1) is 22.4. The van der Waals surface area contributed by atoms with Crippen LogP contribution in [0.5, 0.6) is 0 Å². The molecule has 48 heavy (non-hydrogen) atoms. The Kier molecular flexibility index (Phi) is 5.66. The van der Waals surface area contributed by atoms with Crippen molar-refractivity contribution in [2.75, 3.05) is 0 Å². The van der Waals surface area contributed by atoms with Crippen LogP contribution in [0.3, 0.4) is 0 Å². The van der Waals surface area contributed by atoms with Crippen LogP contribution in [-0.2, 0) is 10.8 Å². The van der Waals surface area contributed by atoms with Gasteiger partial charge in [-0.25, -0.2) is 0 Å². The summed E-state index contributed by atoms with van der Waals surface area (Å²) in [6.07, 6.45) is 5.27. The lowest BCUT2D eigenvalue weighted by molar-refractivity contribution is 0.367. The standard InChI is InChI=1S/C48H50/c1-45(2,3)37-21-33-29-19-31-32(20-30(29)34-22-38(46(4,5)6)26-16-13-15-25(37)41(26)43(33)34)36-24-40(48(10,11)12)28-18-14-17-27-39(47(7,8)9)23-35(31)44(36)42(27)28/h13-24,37,40H,1-12H3. The van der Waals surface area contributed by atoms with Crippen molar-refractivity contribution in [3.05, 3.63) is 117 Å². The van der Waals surface area contributed by atoms with E-state index < -0.39 is 0 Å². The average molecular weight is 627 g/mol. The van der Waals surface area contributed by atoms with Crippen LogP contribution in [-0.4, -0.2) is 0 Å². The molecule has 2 atom stereocenters. The fraction of sp³-hybridized carbons (Fsp3) is 0.375. The summed E-state index contributed by atoms with van der Waals surface area (Å²) in [7, 11) is 0. The third-order valence-electron chi connectivity index (χ3n) is 12.1. The molecule has 4 aliphatic carbocycles. The van der Waals surface area contributed by atoms with Gasteiger partial charge in [0.1, 0.15) is 0 Å². The second-order valence-corrected chi connectivity index (χ2v) is 19.5. The normalized spacial score (nSPS) is 19.1. The highest BCUT2D eigenvalue weighted by molar-refractivity contribution is 6.19. The van der Waals surface area contributed by atoms with E-state index in [0.717, 1.165) is 0 Å². The molecule has 0 fully saturated rings. The summed E-state index contributed by atoms with van der Waals surface area (Å²) in [5, 5.41) is 5.84. The molecule has 0 saturated heterocycles. The fourth-order valence-corrected chi connectivity index (χ4v) is 9.80. The predicted octanol–water partition coefficient (Wildman–Crippen LogP) is 13.7. The Morgan fingerprint density at radius 3 is 1.12 bits per heavy atom. The van der Waals surface area contributed by atoms with Gasteiger partial charge in [0.2, 0.25) is 0 Å². The van der Waals surface area contributed by atoms with Crippen LogP contribution in [0.25, 0.3) is 54.9 Å². The molecule has 0 heteroatoms. The number of hydrogen-bond donors (Lipinski definition) is 0. The van der Waals surface area contributed by atoms with Crippen molar-refractivity contribution < 1.29 is 0 Å². The number of fused-ring (bicyclic) bond motifs is 6. The van der Waals surface area contributed by atoms with Crippen LogP contribution in [0.2, 0.25) is 0 Å². The molecule has 2 unspecified atom stereocenters. The number of rotatable bonds is 0. The Morgan fingerprint density at radius 2 is 0.792 bits per heavy atom. The topological polar surface area (TPSA) is 0 Å². The van der Waals surface area contributed by atoms with Crippen molar-refractivity contribution in [2.24, 2.45) is 10.8 Å². The summed E-state index contributed by atoms with van der Waals surface area (Å²) in [6, 6.07) is 24.5. The molecular weight excluding hydrogens is 577 g/mol. The second kappa shape index (κ2) is 9.01. The first-order valence-electron chi connectivity index (χ1n) is 18.2. The quantitative estimate of drug-likeness (QED) is 0.157. The molecule has 0 N–H and O–H groups in total. The predicted molar refractivity (Wildman–Crippen MR) is 208 cm³/mol. The van der Waals surface area contributed by atoms with Gasteiger partial charge in [-0.1, -0.05) is 132 Å². The molecular formula is C48H50. The molecule has 0 heterocycles. The first kappa shape index (κ1) is 30.2. The maximum Gasteiger partial charge on any atom is 0.00823 e. The van der Waals surface area contributed by atoms with Gasteiger partial charge < -0.3 is 0 Å². The number of allylic oxidation sites excluding steroid dienone is 2. The maximum atomic E-state index is 2.63. The van der Waals surface area contributed by atoms with E-state index in [0.29, 0.717) is 11.8 Å². The van der Waals surface area contributed by atoms with E-state index in [1.807, 2.05) is 0 Å². The van der Waals surface area contributed by atoms with E-state index in [4.69, 9.17) is 0 Å². The maximum absolute atomic E-state index is 2.63. The summed E-state index contributed by atoms with van der Waals surface area (Å²) < 4.78 is 0. The van der Waals surface area contributed by atoms with E-state index in [1.165, 1.54) is 99.5 Å². The summed E-state index contributed by atoms with van der Waals surface area (Å²) in [5.74, 6) is 0.699. The molecule has 0 radical (unpaired) electrons. The lowest BCUT2D eigenvalue weighted by Crippen LogP contribution is -2.20. The van der Waals surface area contributed by atoms with Crippen LogP contribution in [0.4, 0.5) is 0 Å². The van der Waals surface area contributed by atoms with Crippen molar-refractivity contribution in [3.63, 3.8) is 0 Å². The Bertz CT molecular complexity index is 2190. The highest BCUT2D eigenvalue weighted by Crippen LogP contribution is 2.61. The summed E-state index contributed by atoms with van der Waals surface area (Å²) >= 11 is 0. The third-order valence-corrected chi connectivity index (χ3v) is 12.1. The first-order valence-corrected chi connectivity index (χ1v) is 18.2. The van der Waals surface area contributed by atoms with Gasteiger partial charge in [0.25, 0.3) is 0 Å². The monoisotopic (exact) mass is 626 g/mol. The Labute approximate surface area is 288 Å². The van der Waals surface area contributed by atoms with E-state index in [-0.39, 0.29) is 21.7 Å². The van der Waals surface area contributed by atoms with Crippen LogP contribution in [0.1, 0.15) is 139 Å². The Morgan fingerprint density at radius 1 is 0.417 bits per heavy atom. The zero-order chi connectivity index (χ0) is 34.0. The van der Waals surface area contributed by atoms with E-state index in [1.54, 1.807) is 0 Å². The molecule has 5 aromatic rings. The van der Waals surface area contributed by atoms with Gasteiger partial charge in [0.05, 0.1) is 0 Å². The van der Waals surface area contributed by atoms with Gasteiger partial charge in [0.15, 0.2) is 0 Å². The van der Waals surface area contributed by atoms with Crippen LogP contribution in [0.15, 0.2) is 72.8 Å². The van der Waals surface area contributed by atoms with Crippen LogP contribution in [0, 0.1) is 10.8 Å². The van der Waals surface area contributed by atoms with E-state index >= 15 is 0 Å². The van der Waals surface area contributed by atoms with Crippen molar-refractivity contribution in [3.8, 4) is 22.3 Å². The SMILES string of the molecule is CC(C)(C)c1cc2c3c4c(cccc14)C(C(C)(C)C)C=C3c1cc3c(cc1-2)C1=CC(C(C)(C)C)c2cccc4c(C(C)(C)C)cc-3c1c24. The van der Waals surface area contributed by atoms with E-state index in [2.05, 4.69) is 156 Å². The van der Waals surface area contributed by atoms with Gasteiger partial charge in [-0.05, 0) is 145 Å². The average Bonchev–Trinajstić information content (AvgIpc) is 3.47. The van der Waals surface area contributed by atoms with Gasteiger partial charge in [-0.2, -0.15) is 0 Å². The molecule has 5 aromatic carbocycles. The Hall–Kier alpha value is -3.90. The zero-order valence-electron chi connectivity index (χ0n) is 31.1. The molecule has 0 bridgehead atoms. The lowest BCUT2D eigenvalue weighted by atomic mass is 9.69. The highest BCUT2D eigenvalue weighted by Gasteiger charge is 2.42. The highest BCUT2D eigenvalue weighted by atomic mass is 14.4. The van der Waals surface area contributed by atoms with Crippen molar-refractivity contribution in [2.45, 2.75) is 106 Å². The third kappa shape index (κ3) is 3.84. The van der Waals surface area contributed by atoms with Crippen LogP contribution >= 0.6 is 0 Å². The molecule has 0 aliphatic heterocycles. The molecule has 0 spiro atoms. The lowest BCUT2D eigenvalue weighted by Gasteiger charge is -2.35. The van der Waals surface area contributed by atoms with Crippen molar-refractivity contribution in [1.82, 2.24) is 0 Å². The molecule has 0 saturated carbocycles. The minimum Gasteiger partial charge on any atom is -0.0679 e. The fourth-order valence-electron chi connectivity index (χ4n) is 9.80. The molecule has 0 nitrogen and oxygen atoms in total. The minimum absolute atomic E-state index is 0.0342. The van der Waals surface area contributed by atoms with Crippen molar-refractivity contribution in [1.29, 1.82) is 0 Å². The zero-order valence-corrected chi connectivity index (χ0v) is 31.1. The summed E-state index contributed by atoms with van der Waals surface area (Å²) in [5.41, 5.74) is 20.5.